The average molecular weight is 398 g/mol. The largest absolute Gasteiger partial charge is 0.496 e. The lowest BCUT2D eigenvalue weighted by atomic mass is 10.1. The first kappa shape index (κ1) is 22.3. The summed E-state index contributed by atoms with van der Waals surface area (Å²) in [5.41, 5.74) is 2.22. The molecule has 0 fully saturated rings. The monoisotopic (exact) mass is 397 g/mol. The van der Waals surface area contributed by atoms with Crippen molar-refractivity contribution in [2.45, 2.75) is 19.4 Å². The normalized spacial score (nSPS) is 11.6. The number of nitrogens with zero attached hydrogens (tertiary/aromatic N) is 1. The van der Waals surface area contributed by atoms with Crippen LogP contribution in [-0.2, 0) is 4.74 Å². The molecule has 0 aliphatic carbocycles. The Balaban J connectivity index is 0.00000338. The first-order valence-electron chi connectivity index (χ1n) is 8.17. The van der Waals surface area contributed by atoms with E-state index in [1.165, 1.54) is 0 Å². The van der Waals surface area contributed by atoms with Crippen molar-refractivity contribution in [3.8, 4) is 5.75 Å². The summed E-state index contributed by atoms with van der Waals surface area (Å²) >= 11 is 5.97. The average Bonchev–Trinajstić information content (AvgIpc) is 2.59. The number of benzene rings is 2. The molecule has 0 amide bonds. The second-order valence-corrected chi connectivity index (χ2v) is 6.61. The van der Waals surface area contributed by atoms with Gasteiger partial charge in [0, 0.05) is 23.6 Å². The van der Waals surface area contributed by atoms with Gasteiger partial charge in [0.05, 0.1) is 12.7 Å². The number of hydrogen-bond donors (Lipinski definition) is 0. The van der Waals surface area contributed by atoms with Crippen LogP contribution in [0.1, 0.15) is 34.0 Å². The van der Waals surface area contributed by atoms with Crippen LogP contribution >= 0.6 is 24.0 Å². The number of carbonyl (C=O) groups is 1. The van der Waals surface area contributed by atoms with Gasteiger partial charge in [0.15, 0.2) is 0 Å². The van der Waals surface area contributed by atoms with Gasteiger partial charge in [0.2, 0.25) is 0 Å². The Labute approximate surface area is 166 Å². The van der Waals surface area contributed by atoms with Crippen LogP contribution in [0.15, 0.2) is 42.5 Å². The lowest BCUT2D eigenvalue weighted by Crippen LogP contribution is -2.20. The number of halogens is 2. The highest BCUT2D eigenvalue weighted by Gasteiger charge is 2.20. The molecule has 0 heterocycles. The molecule has 0 bridgehead atoms. The van der Waals surface area contributed by atoms with Gasteiger partial charge in [0.1, 0.15) is 11.9 Å². The van der Waals surface area contributed by atoms with E-state index < -0.39 is 0 Å². The molecule has 0 aliphatic heterocycles. The van der Waals surface area contributed by atoms with Crippen molar-refractivity contribution in [3.05, 3.63) is 64.2 Å². The molecule has 0 spiro atoms. The van der Waals surface area contributed by atoms with E-state index in [0.717, 1.165) is 17.7 Å². The molecule has 0 aromatic heterocycles. The lowest BCUT2D eigenvalue weighted by Gasteiger charge is -2.21. The third-order valence-corrected chi connectivity index (χ3v) is 4.31. The molecule has 0 saturated carbocycles. The van der Waals surface area contributed by atoms with Gasteiger partial charge in [-0.15, -0.1) is 12.4 Å². The summed E-state index contributed by atoms with van der Waals surface area (Å²) in [6, 6.07) is 12.8. The minimum absolute atomic E-state index is 0. The molecule has 26 heavy (non-hydrogen) atoms. The van der Waals surface area contributed by atoms with Gasteiger partial charge in [-0.05, 0) is 50.8 Å². The van der Waals surface area contributed by atoms with Crippen LogP contribution < -0.4 is 4.74 Å². The van der Waals surface area contributed by atoms with Gasteiger partial charge in [-0.3, -0.25) is 0 Å². The van der Waals surface area contributed by atoms with E-state index in [2.05, 4.69) is 4.90 Å². The molecule has 4 nitrogen and oxygen atoms in total. The van der Waals surface area contributed by atoms with Crippen molar-refractivity contribution < 1.29 is 14.3 Å². The zero-order chi connectivity index (χ0) is 18.4. The SMILES string of the molecule is COc1cccc(C(=O)OC(CCN(C)C)c2ccc(Cl)cc2)c1C.Cl. The number of carbonyl (C=O) groups excluding carboxylic acids is 1. The van der Waals surface area contributed by atoms with Crippen molar-refractivity contribution in [3.63, 3.8) is 0 Å². The number of esters is 1. The van der Waals surface area contributed by atoms with E-state index in [0.29, 0.717) is 22.8 Å². The van der Waals surface area contributed by atoms with Crippen LogP contribution in [-0.4, -0.2) is 38.6 Å². The Morgan fingerprint density at radius 1 is 1.15 bits per heavy atom. The quantitative estimate of drug-likeness (QED) is 0.620. The summed E-state index contributed by atoms with van der Waals surface area (Å²) < 4.78 is 11.1. The van der Waals surface area contributed by atoms with Crippen molar-refractivity contribution in [1.29, 1.82) is 0 Å². The minimum atomic E-state index is -0.352. The zero-order valence-electron chi connectivity index (χ0n) is 15.5. The van der Waals surface area contributed by atoms with E-state index in [1.54, 1.807) is 19.2 Å². The third kappa shape index (κ3) is 5.90. The second-order valence-electron chi connectivity index (χ2n) is 6.17. The van der Waals surface area contributed by atoms with Gasteiger partial charge < -0.3 is 14.4 Å². The maximum atomic E-state index is 12.7. The molecular weight excluding hydrogens is 373 g/mol. The van der Waals surface area contributed by atoms with E-state index in [9.17, 15) is 4.79 Å². The van der Waals surface area contributed by atoms with Gasteiger partial charge in [-0.2, -0.15) is 0 Å². The van der Waals surface area contributed by atoms with Crippen molar-refractivity contribution in [1.82, 2.24) is 4.90 Å². The summed E-state index contributed by atoms with van der Waals surface area (Å²) in [7, 11) is 5.57. The van der Waals surface area contributed by atoms with Crippen LogP contribution in [0, 0.1) is 6.92 Å². The fourth-order valence-electron chi connectivity index (χ4n) is 2.60. The van der Waals surface area contributed by atoms with E-state index in [-0.39, 0.29) is 24.5 Å². The summed E-state index contributed by atoms with van der Waals surface area (Å²) in [6.45, 7) is 2.66. The highest BCUT2D eigenvalue weighted by atomic mass is 35.5. The molecule has 1 unspecified atom stereocenters. The van der Waals surface area contributed by atoms with Crippen LogP contribution in [0.3, 0.4) is 0 Å². The fourth-order valence-corrected chi connectivity index (χ4v) is 2.72. The van der Waals surface area contributed by atoms with Crippen molar-refractivity contribution >= 4 is 30.0 Å². The number of ether oxygens (including phenoxy) is 2. The number of rotatable bonds is 7. The van der Waals surface area contributed by atoms with Crippen LogP contribution in [0.4, 0.5) is 0 Å². The maximum Gasteiger partial charge on any atom is 0.339 e. The van der Waals surface area contributed by atoms with Crippen molar-refractivity contribution in [2.24, 2.45) is 0 Å². The maximum absolute atomic E-state index is 12.7. The van der Waals surface area contributed by atoms with Gasteiger partial charge in [-0.1, -0.05) is 29.8 Å². The van der Waals surface area contributed by atoms with Gasteiger partial charge in [-0.25, -0.2) is 4.79 Å². The predicted octanol–water partition coefficient (Wildman–Crippen LogP) is 4.93. The molecule has 0 aliphatic rings. The number of methoxy groups -OCH3 is 1. The molecule has 2 rings (SSSR count). The first-order chi connectivity index (χ1) is 11.9. The standard InChI is InChI=1S/C20H24ClNO3.ClH/c1-14-17(6-5-7-18(14)24-4)20(23)25-19(12-13-22(2)3)15-8-10-16(21)11-9-15;/h5-11,19H,12-13H2,1-4H3;1H. The Bertz CT molecular complexity index is 717. The Morgan fingerprint density at radius 2 is 1.81 bits per heavy atom. The minimum Gasteiger partial charge on any atom is -0.496 e. The Hall–Kier alpha value is -1.75. The van der Waals surface area contributed by atoms with E-state index in [4.69, 9.17) is 21.1 Å². The van der Waals surface area contributed by atoms with Gasteiger partial charge >= 0.3 is 5.97 Å². The second kappa shape index (κ2) is 10.4. The van der Waals surface area contributed by atoms with Crippen LogP contribution in [0.25, 0.3) is 0 Å². The first-order valence-corrected chi connectivity index (χ1v) is 8.55. The Morgan fingerprint density at radius 3 is 2.38 bits per heavy atom. The van der Waals surface area contributed by atoms with E-state index in [1.807, 2.05) is 51.4 Å². The topological polar surface area (TPSA) is 38.8 Å². The molecule has 2 aromatic rings. The van der Waals surface area contributed by atoms with E-state index >= 15 is 0 Å². The Kier molecular flexibility index (Phi) is 8.93. The third-order valence-electron chi connectivity index (χ3n) is 4.05. The summed E-state index contributed by atoms with van der Waals surface area (Å²) in [5.74, 6) is 0.320. The summed E-state index contributed by atoms with van der Waals surface area (Å²) in [5, 5.41) is 0.657. The molecule has 6 heteroatoms. The molecule has 142 valence electrons. The van der Waals surface area contributed by atoms with Crippen LogP contribution in [0.2, 0.25) is 5.02 Å². The highest BCUT2D eigenvalue weighted by molar-refractivity contribution is 6.30. The summed E-state index contributed by atoms with van der Waals surface area (Å²) in [4.78, 5) is 14.8. The molecule has 0 N–H and O–H groups in total. The van der Waals surface area contributed by atoms with Gasteiger partial charge in [0.25, 0.3) is 0 Å². The van der Waals surface area contributed by atoms with Crippen molar-refractivity contribution in [2.75, 3.05) is 27.7 Å². The van der Waals surface area contributed by atoms with Crippen LogP contribution in [0.5, 0.6) is 5.75 Å². The molecule has 2 aromatic carbocycles. The number of hydrogen-bond acceptors (Lipinski definition) is 4. The molecule has 0 radical (unpaired) electrons. The molecule has 0 saturated heterocycles. The molecule has 1 atom stereocenters. The molecular formula is C20H25Cl2NO3. The zero-order valence-corrected chi connectivity index (χ0v) is 17.1. The fraction of sp³-hybridized carbons (Fsp3) is 0.350. The lowest BCUT2D eigenvalue weighted by molar-refractivity contribution is 0.0260. The highest BCUT2D eigenvalue weighted by Crippen LogP contribution is 2.27. The predicted molar refractivity (Wildman–Crippen MR) is 108 cm³/mol. The smallest absolute Gasteiger partial charge is 0.339 e. The summed E-state index contributed by atoms with van der Waals surface area (Å²) in [6.07, 6.45) is 0.362.